The molecule has 1 aliphatic rings. The van der Waals surface area contributed by atoms with Crippen LogP contribution in [0.25, 0.3) is 10.9 Å². The van der Waals surface area contributed by atoms with Crippen LogP contribution in [0.15, 0.2) is 46.1 Å². The minimum atomic E-state index is -1.33. The quantitative estimate of drug-likeness (QED) is 0.324. The van der Waals surface area contributed by atoms with Crippen LogP contribution in [0.5, 0.6) is 5.75 Å². The molecular formula is C26H32FN3O3S2. The Kier molecular flexibility index (Phi) is 8.64. The molecule has 1 fully saturated rings. The van der Waals surface area contributed by atoms with Crippen LogP contribution < -0.4 is 10.5 Å². The van der Waals surface area contributed by atoms with E-state index >= 15 is 4.39 Å². The third kappa shape index (κ3) is 5.97. The molecule has 0 saturated carbocycles. The van der Waals surface area contributed by atoms with Crippen molar-refractivity contribution in [2.45, 2.75) is 42.6 Å². The molecule has 6 nitrogen and oxygen atoms in total. The summed E-state index contributed by atoms with van der Waals surface area (Å²) in [5.41, 5.74) is 6.82. The number of pyridine rings is 1. The zero-order valence-corrected chi connectivity index (χ0v) is 21.5. The minimum absolute atomic E-state index is 0.129. The van der Waals surface area contributed by atoms with E-state index in [2.05, 4.69) is 27.4 Å². The molecule has 3 heterocycles. The Hall–Kier alpha value is -2.20. The zero-order valence-electron chi connectivity index (χ0n) is 19.9. The van der Waals surface area contributed by atoms with Gasteiger partial charge in [-0.15, -0.1) is 23.1 Å². The summed E-state index contributed by atoms with van der Waals surface area (Å²) < 4.78 is 22.4. The second-order valence-electron chi connectivity index (χ2n) is 9.00. The maximum atomic E-state index is 15.8. The number of ether oxygens (including phenoxy) is 1. The fourth-order valence-corrected chi connectivity index (χ4v) is 6.70. The van der Waals surface area contributed by atoms with Crippen LogP contribution in [0, 0.1) is 5.41 Å². The van der Waals surface area contributed by atoms with Gasteiger partial charge in [0, 0.05) is 36.0 Å². The monoisotopic (exact) mass is 517 g/mol. The molecule has 1 atom stereocenters. The highest BCUT2D eigenvalue weighted by Gasteiger charge is 2.41. The third-order valence-corrected chi connectivity index (χ3v) is 9.13. The number of alkyl halides is 1. The van der Waals surface area contributed by atoms with Crippen molar-refractivity contribution in [3.63, 3.8) is 0 Å². The Morgan fingerprint density at radius 2 is 2.17 bits per heavy atom. The molecule has 35 heavy (non-hydrogen) atoms. The molecule has 4 rings (SSSR count). The zero-order chi connectivity index (χ0) is 24.8. The minimum Gasteiger partial charge on any atom is -0.497 e. The number of carbonyl (C=O) groups is 1. The van der Waals surface area contributed by atoms with Gasteiger partial charge in [-0.1, -0.05) is 6.07 Å². The number of rotatable bonds is 11. The van der Waals surface area contributed by atoms with Crippen LogP contribution in [0.3, 0.4) is 0 Å². The lowest BCUT2D eigenvalue weighted by molar-refractivity contribution is -0.153. The molecule has 0 radical (unpaired) electrons. The van der Waals surface area contributed by atoms with E-state index < -0.39 is 17.6 Å². The first-order chi connectivity index (χ1) is 17.0. The number of carboxylic acid groups (broad SMARTS) is 1. The summed E-state index contributed by atoms with van der Waals surface area (Å²) in [6.07, 6.45) is 1.78. The van der Waals surface area contributed by atoms with Crippen LogP contribution in [0.1, 0.15) is 43.0 Å². The van der Waals surface area contributed by atoms with E-state index in [0.717, 1.165) is 25.4 Å². The van der Waals surface area contributed by atoms with Crippen molar-refractivity contribution in [2.75, 3.05) is 32.5 Å². The standard InChI is InChI=1S/C26H32FN3O3S2/c1-33-19-4-5-22-20(15-19)24(18(16-28)17-29-22)21(27)6-7-26(25(31)32)8-10-30(11-9-26)12-14-35-23-3-2-13-34-23/h2-5,13,15,17,21H,6-12,14,16,28H2,1H3,(H,31,32)/t21-/m0/s1. The van der Waals surface area contributed by atoms with Gasteiger partial charge < -0.3 is 20.5 Å². The summed E-state index contributed by atoms with van der Waals surface area (Å²) in [6.45, 7) is 2.53. The molecule has 3 aromatic rings. The van der Waals surface area contributed by atoms with Crippen LogP contribution >= 0.6 is 23.1 Å². The van der Waals surface area contributed by atoms with Gasteiger partial charge in [-0.05, 0) is 74.0 Å². The topological polar surface area (TPSA) is 88.7 Å². The molecular weight excluding hydrogens is 485 g/mol. The van der Waals surface area contributed by atoms with Gasteiger partial charge in [-0.3, -0.25) is 9.78 Å². The summed E-state index contributed by atoms with van der Waals surface area (Å²) in [4.78, 5) is 19.1. The number of thioether (sulfide) groups is 1. The van der Waals surface area contributed by atoms with Crippen LogP contribution in [0.4, 0.5) is 4.39 Å². The average molecular weight is 518 g/mol. The number of fused-ring (bicyclic) bond motifs is 1. The number of hydrogen-bond acceptors (Lipinski definition) is 7. The summed E-state index contributed by atoms with van der Waals surface area (Å²) in [5.74, 6) is 0.777. The molecule has 0 unspecified atom stereocenters. The number of hydrogen-bond donors (Lipinski definition) is 2. The molecule has 2 aromatic heterocycles. The van der Waals surface area contributed by atoms with Gasteiger partial charge in [-0.25, -0.2) is 4.39 Å². The summed E-state index contributed by atoms with van der Waals surface area (Å²) in [5, 5.41) is 12.9. The number of aromatic nitrogens is 1. The van der Waals surface area contributed by atoms with Crippen molar-refractivity contribution < 1.29 is 19.0 Å². The second-order valence-corrected chi connectivity index (χ2v) is 11.3. The third-order valence-electron chi connectivity index (χ3n) is 7.02. The number of piperidine rings is 1. The number of carboxylic acids is 1. The largest absolute Gasteiger partial charge is 0.497 e. The highest BCUT2D eigenvalue weighted by Crippen LogP contribution is 2.41. The van der Waals surface area contributed by atoms with E-state index in [1.54, 1.807) is 42.8 Å². The predicted octanol–water partition coefficient (Wildman–Crippen LogP) is 5.51. The molecule has 9 heteroatoms. The van der Waals surface area contributed by atoms with Crippen molar-refractivity contribution in [1.29, 1.82) is 0 Å². The maximum absolute atomic E-state index is 15.8. The van der Waals surface area contributed by atoms with Crippen LogP contribution in [0.2, 0.25) is 0 Å². The molecule has 1 aromatic carbocycles. The van der Waals surface area contributed by atoms with Crippen LogP contribution in [-0.4, -0.2) is 53.5 Å². The van der Waals surface area contributed by atoms with Gasteiger partial charge in [0.15, 0.2) is 0 Å². The lowest BCUT2D eigenvalue weighted by Gasteiger charge is -2.39. The molecule has 0 amide bonds. The average Bonchev–Trinajstić information content (AvgIpc) is 3.40. The number of nitrogens with two attached hydrogens (primary N) is 1. The van der Waals surface area contributed by atoms with Crippen molar-refractivity contribution in [3.8, 4) is 5.75 Å². The number of benzene rings is 1. The normalized spacial score (nSPS) is 16.9. The Labute approximate surface area is 213 Å². The van der Waals surface area contributed by atoms with Crippen molar-refractivity contribution in [2.24, 2.45) is 11.1 Å². The van der Waals surface area contributed by atoms with E-state index in [4.69, 9.17) is 10.5 Å². The maximum Gasteiger partial charge on any atom is 0.309 e. The molecule has 3 N–H and O–H groups in total. The van der Waals surface area contributed by atoms with Crippen molar-refractivity contribution in [1.82, 2.24) is 9.88 Å². The summed E-state index contributed by atoms with van der Waals surface area (Å²) >= 11 is 3.57. The van der Waals surface area contributed by atoms with Gasteiger partial charge >= 0.3 is 5.97 Å². The van der Waals surface area contributed by atoms with Crippen LogP contribution in [-0.2, 0) is 11.3 Å². The highest BCUT2D eigenvalue weighted by molar-refractivity contribution is 8.01. The first-order valence-electron chi connectivity index (χ1n) is 11.9. The van der Waals surface area contributed by atoms with Crippen molar-refractivity contribution >= 4 is 40.0 Å². The lowest BCUT2D eigenvalue weighted by atomic mass is 9.74. The number of halogens is 1. The van der Waals surface area contributed by atoms with E-state index in [9.17, 15) is 9.90 Å². The lowest BCUT2D eigenvalue weighted by Crippen LogP contribution is -2.45. The fourth-order valence-electron chi connectivity index (χ4n) is 4.84. The first kappa shape index (κ1) is 25.9. The Bertz CT molecular complexity index is 1130. The molecule has 1 aliphatic heterocycles. The summed E-state index contributed by atoms with van der Waals surface area (Å²) in [7, 11) is 1.57. The first-order valence-corrected chi connectivity index (χ1v) is 13.7. The Balaban J connectivity index is 1.42. The predicted molar refractivity (Wildman–Crippen MR) is 140 cm³/mol. The van der Waals surface area contributed by atoms with Gasteiger partial charge in [0.2, 0.25) is 0 Å². The molecule has 1 saturated heterocycles. The molecule has 0 aliphatic carbocycles. The van der Waals surface area contributed by atoms with Gasteiger partial charge in [0.1, 0.15) is 11.9 Å². The Morgan fingerprint density at radius 3 is 2.83 bits per heavy atom. The number of nitrogens with zero attached hydrogens (tertiary/aromatic N) is 2. The van der Waals surface area contributed by atoms with Gasteiger partial charge in [0.25, 0.3) is 0 Å². The smallest absolute Gasteiger partial charge is 0.309 e. The second kappa shape index (κ2) is 11.7. The molecule has 0 bridgehead atoms. The fraction of sp³-hybridized carbons (Fsp3) is 0.462. The van der Waals surface area contributed by atoms with Gasteiger partial charge in [-0.2, -0.15) is 0 Å². The van der Waals surface area contributed by atoms with E-state index in [0.29, 0.717) is 47.0 Å². The molecule has 0 spiro atoms. The Morgan fingerprint density at radius 1 is 1.37 bits per heavy atom. The number of methoxy groups -OCH3 is 1. The SMILES string of the molecule is COc1ccc2ncc(CN)c([C@@H](F)CCC3(C(=O)O)CCN(CCSc4cccs4)CC3)c2c1. The number of thiophene rings is 1. The van der Waals surface area contributed by atoms with E-state index in [1.807, 2.05) is 11.8 Å². The number of likely N-dealkylation sites (tertiary alicyclic amines) is 1. The van der Waals surface area contributed by atoms with Gasteiger partial charge in [0.05, 0.1) is 22.3 Å². The van der Waals surface area contributed by atoms with E-state index in [1.165, 1.54) is 4.21 Å². The van der Waals surface area contributed by atoms with Crippen molar-refractivity contribution in [3.05, 3.63) is 53.0 Å². The highest BCUT2D eigenvalue weighted by atomic mass is 32.2. The number of aliphatic carboxylic acids is 1. The van der Waals surface area contributed by atoms with E-state index in [-0.39, 0.29) is 13.0 Å². The molecule has 188 valence electrons. The summed E-state index contributed by atoms with van der Waals surface area (Å²) in [6, 6.07) is 9.54.